The Morgan fingerprint density at radius 1 is 0.889 bits per heavy atom. The average molecular weight is 356 g/mol. The minimum absolute atomic E-state index is 0.0502. The molecule has 1 N–H and O–H groups in total. The maximum Gasteiger partial charge on any atom is 0.196 e. The number of aromatic hydroxyl groups is 1. The van der Waals surface area contributed by atoms with Crippen molar-refractivity contribution in [3.8, 4) is 11.5 Å². The van der Waals surface area contributed by atoms with E-state index in [1.54, 1.807) is 6.07 Å². The zero-order chi connectivity index (χ0) is 19.0. The second-order valence-corrected chi connectivity index (χ2v) is 6.93. The maximum atomic E-state index is 13.2. The zero-order valence-electron chi connectivity index (χ0n) is 15.3. The standard InChI is InChI=1S/C24H20O3/c1-15-3-7-17(8-4-15)13-21-23(26)20-14-19(25)11-12-22(20)27-24(21)18-9-5-16(2)6-10-18/h3-14,24-25H,1-2H3. The van der Waals surface area contributed by atoms with Crippen LogP contribution in [-0.4, -0.2) is 10.9 Å². The highest BCUT2D eigenvalue weighted by atomic mass is 16.5. The number of rotatable bonds is 2. The van der Waals surface area contributed by atoms with Crippen LogP contribution in [0.2, 0.25) is 0 Å². The van der Waals surface area contributed by atoms with E-state index in [0.717, 1.165) is 22.3 Å². The number of phenols is 1. The molecular weight excluding hydrogens is 336 g/mol. The van der Waals surface area contributed by atoms with Crippen molar-refractivity contribution in [1.29, 1.82) is 0 Å². The summed E-state index contributed by atoms with van der Waals surface area (Å²) >= 11 is 0. The molecule has 0 bridgehead atoms. The number of ether oxygens (including phenoxy) is 1. The second kappa shape index (κ2) is 6.76. The molecule has 0 aromatic heterocycles. The third kappa shape index (κ3) is 3.36. The molecule has 1 atom stereocenters. The topological polar surface area (TPSA) is 46.5 Å². The van der Waals surface area contributed by atoms with Gasteiger partial charge in [0, 0.05) is 5.57 Å². The van der Waals surface area contributed by atoms with Gasteiger partial charge in [-0.1, -0.05) is 59.7 Å². The molecule has 1 heterocycles. The summed E-state index contributed by atoms with van der Waals surface area (Å²) in [7, 11) is 0. The molecule has 0 fully saturated rings. The van der Waals surface area contributed by atoms with Crippen LogP contribution in [0.15, 0.2) is 72.3 Å². The summed E-state index contributed by atoms with van der Waals surface area (Å²) in [6, 6.07) is 20.6. The van der Waals surface area contributed by atoms with Crippen LogP contribution in [0.5, 0.6) is 11.5 Å². The SMILES string of the molecule is Cc1ccc(C=C2C(=O)c3cc(O)ccc3OC2c2ccc(C)cc2)cc1. The van der Waals surface area contributed by atoms with E-state index in [1.165, 1.54) is 12.1 Å². The van der Waals surface area contributed by atoms with Crippen molar-refractivity contribution < 1.29 is 14.6 Å². The summed E-state index contributed by atoms with van der Waals surface area (Å²) in [5.74, 6) is 0.414. The molecule has 0 spiro atoms. The van der Waals surface area contributed by atoms with Crippen LogP contribution in [0.3, 0.4) is 0 Å². The molecule has 3 aromatic rings. The Kier molecular flexibility index (Phi) is 4.28. The van der Waals surface area contributed by atoms with E-state index in [1.807, 2.05) is 68.5 Å². The number of fused-ring (bicyclic) bond motifs is 1. The number of aryl methyl sites for hydroxylation is 2. The summed E-state index contributed by atoms with van der Waals surface area (Å²) in [6.07, 6.45) is 1.38. The minimum Gasteiger partial charge on any atom is -0.508 e. The van der Waals surface area contributed by atoms with Crippen LogP contribution in [0.1, 0.15) is 38.7 Å². The van der Waals surface area contributed by atoms with Crippen molar-refractivity contribution in [2.24, 2.45) is 0 Å². The fourth-order valence-electron chi connectivity index (χ4n) is 3.24. The van der Waals surface area contributed by atoms with Gasteiger partial charge in [-0.3, -0.25) is 4.79 Å². The first kappa shape index (κ1) is 17.1. The summed E-state index contributed by atoms with van der Waals surface area (Å²) in [4.78, 5) is 13.2. The molecule has 0 saturated carbocycles. The van der Waals surface area contributed by atoms with Crippen LogP contribution in [-0.2, 0) is 0 Å². The lowest BCUT2D eigenvalue weighted by Crippen LogP contribution is -2.23. The van der Waals surface area contributed by atoms with Gasteiger partial charge in [-0.2, -0.15) is 0 Å². The van der Waals surface area contributed by atoms with Crippen molar-refractivity contribution >= 4 is 11.9 Å². The van der Waals surface area contributed by atoms with Gasteiger partial charge in [-0.15, -0.1) is 0 Å². The van der Waals surface area contributed by atoms with Gasteiger partial charge in [-0.05, 0) is 49.2 Å². The van der Waals surface area contributed by atoms with Crippen molar-refractivity contribution in [2.45, 2.75) is 20.0 Å². The van der Waals surface area contributed by atoms with Gasteiger partial charge in [0.25, 0.3) is 0 Å². The molecule has 0 radical (unpaired) electrons. The van der Waals surface area contributed by atoms with Crippen LogP contribution >= 0.6 is 0 Å². The monoisotopic (exact) mass is 356 g/mol. The molecule has 1 aliphatic heterocycles. The first-order valence-corrected chi connectivity index (χ1v) is 8.90. The van der Waals surface area contributed by atoms with Crippen LogP contribution in [0, 0.1) is 13.8 Å². The number of hydrogen-bond donors (Lipinski definition) is 1. The highest BCUT2D eigenvalue weighted by Gasteiger charge is 2.33. The van der Waals surface area contributed by atoms with Gasteiger partial charge in [0.15, 0.2) is 11.9 Å². The number of carbonyl (C=O) groups is 1. The third-order valence-corrected chi connectivity index (χ3v) is 4.78. The molecule has 1 unspecified atom stereocenters. The second-order valence-electron chi connectivity index (χ2n) is 6.93. The highest BCUT2D eigenvalue weighted by Crippen LogP contribution is 2.40. The summed E-state index contributed by atoms with van der Waals surface area (Å²) in [5, 5.41) is 9.80. The van der Waals surface area contributed by atoms with E-state index in [9.17, 15) is 9.90 Å². The molecule has 0 saturated heterocycles. The molecule has 3 nitrogen and oxygen atoms in total. The van der Waals surface area contributed by atoms with E-state index in [-0.39, 0.29) is 11.5 Å². The van der Waals surface area contributed by atoms with Crippen LogP contribution in [0.4, 0.5) is 0 Å². The number of ketones is 1. The zero-order valence-corrected chi connectivity index (χ0v) is 15.3. The normalized spacial score (nSPS) is 17.5. The third-order valence-electron chi connectivity index (χ3n) is 4.78. The van der Waals surface area contributed by atoms with Crippen molar-refractivity contribution in [3.63, 3.8) is 0 Å². The minimum atomic E-state index is -0.489. The number of benzene rings is 3. The molecule has 0 aliphatic carbocycles. The smallest absolute Gasteiger partial charge is 0.196 e. The molecule has 3 heteroatoms. The Morgan fingerprint density at radius 3 is 2.19 bits per heavy atom. The predicted molar refractivity (Wildman–Crippen MR) is 106 cm³/mol. The Morgan fingerprint density at radius 2 is 1.52 bits per heavy atom. The molecule has 0 amide bonds. The van der Waals surface area contributed by atoms with E-state index < -0.39 is 6.10 Å². The molecule has 3 aromatic carbocycles. The maximum absolute atomic E-state index is 13.2. The number of carbonyl (C=O) groups excluding carboxylic acids is 1. The molecule has 1 aliphatic rings. The Balaban J connectivity index is 1.85. The van der Waals surface area contributed by atoms with Crippen molar-refractivity contribution in [1.82, 2.24) is 0 Å². The van der Waals surface area contributed by atoms with Gasteiger partial charge in [0.2, 0.25) is 0 Å². The average Bonchev–Trinajstić information content (AvgIpc) is 2.67. The van der Waals surface area contributed by atoms with Crippen molar-refractivity contribution in [2.75, 3.05) is 0 Å². The van der Waals surface area contributed by atoms with E-state index in [4.69, 9.17) is 4.74 Å². The molecule has 4 rings (SSSR count). The highest BCUT2D eigenvalue weighted by molar-refractivity contribution is 6.14. The Labute approximate surface area is 158 Å². The first-order valence-electron chi connectivity index (χ1n) is 8.90. The van der Waals surface area contributed by atoms with E-state index in [2.05, 4.69) is 0 Å². The lowest BCUT2D eigenvalue weighted by molar-refractivity contribution is 0.0963. The van der Waals surface area contributed by atoms with E-state index >= 15 is 0 Å². The largest absolute Gasteiger partial charge is 0.508 e. The lowest BCUT2D eigenvalue weighted by atomic mass is 9.89. The van der Waals surface area contributed by atoms with Crippen LogP contribution < -0.4 is 4.74 Å². The summed E-state index contributed by atoms with van der Waals surface area (Å²) in [6.45, 7) is 4.05. The predicted octanol–water partition coefficient (Wildman–Crippen LogP) is 5.41. The van der Waals surface area contributed by atoms with Gasteiger partial charge in [0.1, 0.15) is 11.5 Å². The Hall–Kier alpha value is -3.33. The number of hydrogen-bond acceptors (Lipinski definition) is 3. The van der Waals surface area contributed by atoms with Crippen molar-refractivity contribution in [3.05, 3.63) is 100 Å². The Bertz CT molecular complexity index is 1030. The molecule has 27 heavy (non-hydrogen) atoms. The first-order chi connectivity index (χ1) is 13.0. The van der Waals surface area contributed by atoms with E-state index in [0.29, 0.717) is 16.9 Å². The molecule has 134 valence electrons. The van der Waals surface area contributed by atoms with Gasteiger partial charge < -0.3 is 9.84 Å². The summed E-state index contributed by atoms with van der Waals surface area (Å²) < 4.78 is 6.19. The number of Topliss-reactive ketones (excluding diaryl/α,β-unsaturated/α-hetero) is 1. The van der Waals surface area contributed by atoms with Crippen LogP contribution in [0.25, 0.3) is 6.08 Å². The fraction of sp³-hybridized carbons (Fsp3) is 0.125. The lowest BCUT2D eigenvalue weighted by Gasteiger charge is -2.28. The van der Waals surface area contributed by atoms with Gasteiger partial charge in [-0.25, -0.2) is 0 Å². The van der Waals surface area contributed by atoms with Gasteiger partial charge in [0.05, 0.1) is 5.56 Å². The fourth-order valence-corrected chi connectivity index (χ4v) is 3.24. The quantitative estimate of drug-likeness (QED) is 0.625. The van der Waals surface area contributed by atoms with Gasteiger partial charge >= 0.3 is 0 Å². The number of phenolic OH excluding ortho intramolecular Hbond substituents is 1. The summed E-state index contributed by atoms with van der Waals surface area (Å²) in [5.41, 5.74) is 5.11. The molecular formula is C24H20O3.